The highest BCUT2D eigenvalue weighted by atomic mass is 19.1. The summed E-state index contributed by atoms with van der Waals surface area (Å²) in [5.41, 5.74) is 2.49. The van der Waals surface area contributed by atoms with Crippen molar-refractivity contribution in [1.82, 2.24) is 0 Å². The maximum absolute atomic E-state index is 13.6. The first-order chi connectivity index (χ1) is 11.8. The van der Waals surface area contributed by atoms with E-state index >= 15 is 0 Å². The highest BCUT2D eigenvalue weighted by Gasteiger charge is 2.16. The summed E-state index contributed by atoms with van der Waals surface area (Å²) < 4.78 is 19.1. The molecule has 3 heteroatoms. The van der Waals surface area contributed by atoms with E-state index in [4.69, 9.17) is 4.74 Å². The van der Waals surface area contributed by atoms with Gasteiger partial charge in [-0.1, -0.05) is 72.8 Å². The molecule has 0 spiro atoms. The number of hydrogen-bond acceptors (Lipinski definition) is 1. The van der Waals surface area contributed by atoms with E-state index in [-0.39, 0.29) is 11.9 Å². The Bertz CT molecular complexity index is 707. The van der Waals surface area contributed by atoms with Crippen LogP contribution in [-0.4, -0.2) is 13.2 Å². The Morgan fingerprint density at radius 3 is 1.88 bits per heavy atom. The molecular formula is C21H21FNO+. The van der Waals surface area contributed by atoms with Gasteiger partial charge in [0.2, 0.25) is 0 Å². The van der Waals surface area contributed by atoms with Crippen molar-refractivity contribution < 1.29 is 14.4 Å². The van der Waals surface area contributed by atoms with Gasteiger partial charge in [-0.05, 0) is 12.1 Å². The third kappa shape index (κ3) is 4.21. The fourth-order valence-electron chi connectivity index (χ4n) is 2.75. The fraction of sp³-hybridized carbons (Fsp3) is 0.143. The van der Waals surface area contributed by atoms with Crippen LogP contribution in [0.3, 0.4) is 0 Å². The molecule has 0 bridgehead atoms. The molecule has 0 atom stereocenters. The normalized spacial score (nSPS) is 10.8. The fourth-order valence-corrected chi connectivity index (χ4v) is 2.75. The summed E-state index contributed by atoms with van der Waals surface area (Å²) in [4.78, 5) is 0. The zero-order valence-electron chi connectivity index (χ0n) is 13.4. The summed E-state index contributed by atoms with van der Waals surface area (Å²) in [7, 11) is 0. The Balaban J connectivity index is 1.64. The van der Waals surface area contributed by atoms with Crippen molar-refractivity contribution in [1.29, 1.82) is 0 Å². The molecule has 24 heavy (non-hydrogen) atoms. The topological polar surface area (TPSA) is 25.8 Å². The van der Waals surface area contributed by atoms with E-state index in [2.05, 4.69) is 53.8 Å². The van der Waals surface area contributed by atoms with Gasteiger partial charge in [-0.2, -0.15) is 0 Å². The number of rotatable bonds is 7. The van der Waals surface area contributed by atoms with Gasteiger partial charge >= 0.3 is 0 Å². The quantitative estimate of drug-likeness (QED) is 0.661. The van der Waals surface area contributed by atoms with Crippen molar-refractivity contribution in [3.63, 3.8) is 0 Å². The van der Waals surface area contributed by atoms with Crippen LogP contribution < -0.4 is 10.1 Å². The Morgan fingerprint density at radius 2 is 1.29 bits per heavy atom. The van der Waals surface area contributed by atoms with Crippen molar-refractivity contribution in [2.75, 3.05) is 13.2 Å². The van der Waals surface area contributed by atoms with Gasteiger partial charge in [0.25, 0.3) is 0 Å². The zero-order valence-corrected chi connectivity index (χ0v) is 13.4. The van der Waals surface area contributed by atoms with Crippen LogP contribution in [0.15, 0.2) is 84.9 Å². The lowest BCUT2D eigenvalue weighted by Crippen LogP contribution is -2.86. The first-order valence-electron chi connectivity index (χ1n) is 8.15. The highest BCUT2D eigenvalue weighted by Crippen LogP contribution is 2.18. The van der Waals surface area contributed by atoms with Gasteiger partial charge in [-0.25, -0.2) is 4.39 Å². The second-order valence-electron chi connectivity index (χ2n) is 5.60. The molecule has 0 unspecified atom stereocenters. The van der Waals surface area contributed by atoms with Crippen molar-refractivity contribution in [3.05, 3.63) is 102 Å². The van der Waals surface area contributed by atoms with Gasteiger partial charge in [0.15, 0.2) is 11.6 Å². The van der Waals surface area contributed by atoms with Crippen molar-refractivity contribution in [2.24, 2.45) is 0 Å². The molecule has 3 aromatic carbocycles. The maximum atomic E-state index is 13.6. The number of quaternary nitrogens is 1. The summed E-state index contributed by atoms with van der Waals surface area (Å²) in [6.45, 7) is 1.19. The number of hydrogen-bond donors (Lipinski definition) is 1. The maximum Gasteiger partial charge on any atom is 0.165 e. The minimum Gasteiger partial charge on any atom is -0.485 e. The molecule has 3 aromatic rings. The molecule has 0 aliphatic carbocycles. The Kier molecular flexibility index (Phi) is 5.59. The van der Waals surface area contributed by atoms with Crippen LogP contribution in [0.5, 0.6) is 5.75 Å². The van der Waals surface area contributed by atoms with Crippen LogP contribution in [0.1, 0.15) is 17.2 Å². The third-order valence-corrected chi connectivity index (χ3v) is 3.93. The van der Waals surface area contributed by atoms with Crippen LogP contribution in [-0.2, 0) is 0 Å². The lowest BCUT2D eigenvalue weighted by Gasteiger charge is -2.17. The summed E-state index contributed by atoms with van der Waals surface area (Å²) in [6.07, 6.45) is 0. The lowest BCUT2D eigenvalue weighted by molar-refractivity contribution is -0.687. The SMILES string of the molecule is Fc1ccccc1OCC[NH2+]C(c1ccccc1)c1ccccc1. The van der Waals surface area contributed by atoms with Crippen LogP contribution >= 0.6 is 0 Å². The molecule has 0 fully saturated rings. The summed E-state index contributed by atoms with van der Waals surface area (Å²) in [5.74, 6) is -0.0120. The smallest absolute Gasteiger partial charge is 0.165 e. The van der Waals surface area contributed by atoms with E-state index in [9.17, 15) is 4.39 Å². The predicted molar refractivity (Wildman–Crippen MR) is 93.4 cm³/mol. The number of ether oxygens (including phenoxy) is 1. The van der Waals surface area contributed by atoms with E-state index in [0.717, 1.165) is 6.54 Å². The second kappa shape index (κ2) is 8.27. The average molecular weight is 322 g/mol. The largest absolute Gasteiger partial charge is 0.485 e. The number of halogens is 1. The zero-order chi connectivity index (χ0) is 16.6. The predicted octanol–water partition coefficient (Wildman–Crippen LogP) is 3.56. The van der Waals surface area contributed by atoms with Gasteiger partial charge in [-0.3, -0.25) is 0 Å². The summed E-state index contributed by atoms with van der Waals surface area (Å²) in [6, 6.07) is 27.5. The standard InChI is InChI=1S/C21H20FNO/c22-19-13-7-8-14-20(19)24-16-15-23-21(17-9-3-1-4-10-17)18-11-5-2-6-12-18/h1-14,21,23H,15-16H2/p+1. The number of nitrogens with two attached hydrogens (primary N) is 1. The van der Waals surface area contributed by atoms with E-state index in [1.807, 2.05) is 12.1 Å². The molecular weight excluding hydrogens is 301 g/mol. The minimum atomic E-state index is -0.319. The average Bonchev–Trinajstić information content (AvgIpc) is 2.64. The number of para-hydroxylation sites is 1. The van der Waals surface area contributed by atoms with E-state index in [0.29, 0.717) is 12.4 Å². The molecule has 0 aromatic heterocycles. The Labute approximate surface area is 141 Å². The van der Waals surface area contributed by atoms with Gasteiger partial charge in [-0.15, -0.1) is 0 Å². The molecule has 2 nitrogen and oxygen atoms in total. The van der Waals surface area contributed by atoms with Gasteiger partial charge in [0.1, 0.15) is 19.2 Å². The van der Waals surface area contributed by atoms with E-state index in [1.54, 1.807) is 18.2 Å². The molecule has 122 valence electrons. The first kappa shape index (κ1) is 16.2. The minimum absolute atomic E-state index is 0.205. The van der Waals surface area contributed by atoms with Gasteiger partial charge in [0.05, 0.1) is 0 Å². The lowest BCUT2D eigenvalue weighted by atomic mass is 9.99. The molecule has 0 aliphatic heterocycles. The van der Waals surface area contributed by atoms with Crippen molar-refractivity contribution >= 4 is 0 Å². The van der Waals surface area contributed by atoms with E-state index < -0.39 is 0 Å². The van der Waals surface area contributed by atoms with Crippen LogP contribution in [0, 0.1) is 5.82 Å². The second-order valence-corrected chi connectivity index (χ2v) is 5.60. The Hall–Kier alpha value is -2.65. The van der Waals surface area contributed by atoms with Crippen LogP contribution in [0.25, 0.3) is 0 Å². The van der Waals surface area contributed by atoms with Gasteiger partial charge in [0, 0.05) is 11.1 Å². The molecule has 0 heterocycles. The molecule has 0 radical (unpaired) electrons. The monoisotopic (exact) mass is 322 g/mol. The molecule has 2 N–H and O–H groups in total. The summed E-state index contributed by atoms with van der Waals surface area (Å²) >= 11 is 0. The summed E-state index contributed by atoms with van der Waals surface area (Å²) in [5, 5.41) is 2.23. The number of benzene rings is 3. The molecule has 0 saturated carbocycles. The van der Waals surface area contributed by atoms with Crippen molar-refractivity contribution in [2.45, 2.75) is 6.04 Å². The van der Waals surface area contributed by atoms with Gasteiger partial charge < -0.3 is 10.1 Å². The highest BCUT2D eigenvalue weighted by molar-refractivity contribution is 5.29. The van der Waals surface area contributed by atoms with Crippen LogP contribution in [0.4, 0.5) is 4.39 Å². The molecule has 0 aliphatic rings. The molecule has 0 saturated heterocycles. The van der Waals surface area contributed by atoms with E-state index in [1.165, 1.54) is 17.2 Å². The van der Waals surface area contributed by atoms with Crippen LogP contribution in [0.2, 0.25) is 0 Å². The third-order valence-electron chi connectivity index (χ3n) is 3.93. The van der Waals surface area contributed by atoms with Crippen molar-refractivity contribution in [3.8, 4) is 5.75 Å². The molecule has 0 amide bonds. The first-order valence-corrected chi connectivity index (χ1v) is 8.15. The Morgan fingerprint density at radius 1 is 0.750 bits per heavy atom. The molecule has 3 rings (SSSR count).